The zero-order chi connectivity index (χ0) is 25.5. The molecule has 0 spiro atoms. The number of amides is 1. The van der Waals surface area contributed by atoms with Gasteiger partial charge in [0, 0.05) is 16.8 Å². The van der Waals surface area contributed by atoms with Crippen molar-refractivity contribution in [2.45, 2.75) is 48.1 Å². The number of primary amides is 1. The van der Waals surface area contributed by atoms with Crippen molar-refractivity contribution in [3.8, 4) is 16.9 Å². The maximum absolute atomic E-state index is 8.58. The van der Waals surface area contributed by atoms with Crippen LogP contribution in [0.1, 0.15) is 44.5 Å². The van der Waals surface area contributed by atoms with Gasteiger partial charge >= 0.3 is 0 Å². The average Bonchev–Trinajstić information content (AvgIpc) is 2.87. The summed E-state index contributed by atoms with van der Waals surface area (Å²) in [6, 6.07) is 24.6. The van der Waals surface area contributed by atoms with E-state index in [1.165, 1.54) is 5.56 Å². The molecule has 4 aromatic rings. The molecule has 3 aromatic carbocycles. The summed E-state index contributed by atoms with van der Waals surface area (Å²) in [5, 5.41) is 0.979. The normalized spacial score (nSPS) is 9.35. The van der Waals surface area contributed by atoms with E-state index in [0.717, 1.165) is 44.7 Å². The number of nitrogens with zero attached hydrogens (tertiary/aromatic N) is 1. The van der Waals surface area contributed by atoms with E-state index in [1.54, 1.807) is 0 Å². The largest absolute Gasteiger partial charge is 0.489 e. The van der Waals surface area contributed by atoms with Crippen molar-refractivity contribution in [3.63, 3.8) is 0 Å². The van der Waals surface area contributed by atoms with Gasteiger partial charge in [-0.25, -0.2) is 0 Å². The summed E-state index contributed by atoms with van der Waals surface area (Å²) >= 11 is 0. The van der Waals surface area contributed by atoms with Crippen LogP contribution in [0.4, 0.5) is 5.69 Å². The third-order valence-corrected chi connectivity index (χ3v) is 4.71. The third kappa shape index (κ3) is 7.93. The van der Waals surface area contributed by atoms with Crippen LogP contribution in [0.2, 0.25) is 0 Å². The fourth-order valence-electron chi connectivity index (χ4n) is 3.28. The Morgan fingerprint density at radius 3 is 2.15 bits per heavy atom. The Bertz CT molecular complexity index is 1160. The van der Waals surface area contributed by atoms with E-state index in [4.69, 9.17) is 15.3 Å². The van der Waals surface area contributed by atoms with E-state index in [2.05, 4.69) is 54.0 Å². The number of rotatable bonds is 4. The number of nitrogen functional groups attached to an aromatic ring is 1. The number of hydrogen-bond acceptors (Lipinski definition) is 4. The molecule has 5 heteroatoms. The van der Waals surface area contributed by atoms with Gasteiger partial charge in [-0.05, 0) is 60.9 Å². The number of hydrogen-bond donors (Lipinski definition) is 2. The molecular formula is C29H37N3O2. The number of aromatic nitrogens is 1. The first-order valence-corrected chi connectivity index (χ1v) is 11.6. The predicted molar refractivity (Wildman–Crippen MR) is 145 cm³/mol. The monoisotopic (exact) mass is 459 g/mol. The number of fused-ring (bicyclic) bond motifs is 1. The third-order valence-electron chi connectivity index (χ3n) is 4.71. The van der Waals surface area contributed by atoms with Crippen molar-refractivity contribution >= 4 is 23.0 Å². The minimum atomic E-state index is 0.250. The second kappa shape index (κ2) is 15.1. The molecule has 0 saturated carbocycles. The summed E-state index contributed by atoms with van der Waals surface area (Å²) < 4.78 is 6.00. The standard InChI is InChI=1S/C24H22N2O.2C2H6.CH3NO/c1-16-7-10-20(11-8-16)27-15-19-5-3-4-6-21(19)18-9-12-24-22(14-18)23(25)13-17(2)26-24;2*1-2;2-1-3/h3-14H,15H2,1-2H3,(H2,25,26);2*1-2H3;1H,(H2,2,3). The van der Waals surface area contributed by atoms with Crippen molar-refractivity contribution in [2.75, 3.05) is 5.73 Å². The van der Waals surface area contributed by atoms with E-state index >= 15 is 0 Å². The fraction of sp³-hybridized carbons (Fsp3) is 0.241. The van der Waals surface area contributed by atoms with Gasteiger partial charge in [0.1, 0.15) is 12.4 Å². The molecule has 0 bridgehead atoms. The molecule has 1 heterocycles. The molecule has 34 heavy (non-hydrogen) atoms. The maximum Gasteiger partial charge on any atom is 0.204 e. The van der Waals surface area contributed by atoms with Crippen LogP contribution < -0.4 is 16.2 Å². The van der Waals surface area contributed by atoms with Gasteiger partial charge in [0.15, 0.2) is 0 Å². The molecule has 0 aliphatic carbocycles. The Balaban J connectivity index is 0.000000750. The lowest BCUT2D eigenvalue weighted by atomic mass is 9.98. The van der Waals surface area contributed by atoms with Gasteiger partial charge in [-0.1, -0.05) is 75.7 Å². The molecule has 0 aliphatic heterocycles. The molecule has 0 aliphatic rings. The Morgan fingerprint density at radius 2 is 1.50 bits per heavy atom. The second-order valence-electron chi connectivity index (χ2n) is 6.98. The van der Waals surface area contributed by atoms with Gasteiger partial charge < -0.3 is 16.2 Å². The first kappa shape index (κ1) is 28.2. The van der Waals surface area contributed by atoms with Gasteiger partial charge in [-0.15, -0.1) is 0 Å². The van der Waals surface area contributed by atoms with E-state index in [9.17, 15) is 0 Å². The van der Waals surface area contributed by atoms with Crippen LogP contribution in [0.25, 0.3) is 22.0 Å². The molecule has 0 radical (unpaired) electrons. The second-order valence-corrected chi connectivity index (χ2v) is 6.98. The van der Waals surface area contributed by atoms with Gasteiger partial charge in [0.05, 0.1) is 5.52 Å². The van der Waals surface area contributed by atoms with E-state index in [-0.39, 0.29) is 6.41 Å². The van der Waals surface area contributed by atoms with Crippen LogP contribution in [0, 0.1) is 13.8 Å². The summed E-state index contributed by atoms with van der Waals surface area (Å²) in [5.41, 5.74) is 17.6. The first-order valence-electron chi connectivity index (χ1n) is 11.6. The molecule has 0 unspecified atom stereocenters. The molecule has 5 nitrogen and oxygen atoms in total. The number of pyridine rings is 1. The highest BCUT2D eigenvalue weighted by atomic mass is 16.5. The van der Waals surface area contributed by atoms with Crippen LogP contribution in [0.3, 0.4) is 0 Å². The van der Waals surface area contributed by atoms with Crippen molar-refractivity contribution in [1.29, 1.82) is 0 Å². The number of aryl methyl sites for hydroxylation is 2. The van der Waals surface area contributed by atoms with Crippen LogP contribution >= 0.6 is 0 Å². The molecule has 1 aromatic heterocycles. The Morgan fingerprint density at radius 1 is 0.882 bits per heavy atom. The molecule has 4 rings (SSSR count). The van der Waals surface area contributed by atoms with E-state index < -0.39 is 0 Å². The number of nitrogens with two attached hydrogens (primary N) is 2. The molecule has 0 saturated heterocycles. The zero-order valence-electron chi connectivity index (χ0n) is 21.1. The minimum absolute atomic E-state index is 0.250. The van der Waals surface area contributed by atoms with Gasteiger partial charge in [0.2, 0.25) is 6.41 Å². The lowest BCUT2D eigenvalue weighted by molar-refractivity contribution is -0.106. The highest BCUT2D eigenvalue weighted by Crippen LogP contribution is 2.30. The minimum Gasteiger partial charge on any atom is -0.489 e. The van der Waals surface area contributed by atoms with E-state index in [0.29, 0.717) is 6.61 Å². The van der Waals surface area contributed by atoms with Crippen LogP contribution in [0.5, 0.6) is 5.75 Å². The number of ether oxygens (including phenoxy) is 1. The van der Waals surface area contributed by atoms with Crippen molar-refractivity contribution in [2.24, 2.45) is 5.73 Å². The lowest BCUT2D eigenvalue weighted by Gasteiger charge is -2.13. The number of carbonyl (C=O) groups excluding carboxylic acids is 1. The van der Waals surface area contributed by atoms with Gasteiger partial charge in [-0.3, -0.25) is 9.78 Å². The molecule has 1 amide bonds. The Labute approximate surface area is 203 Å². The van der Waals surface area contributed by atoms with Crippen LogP contribution in [-0.4, -0.2) is 11.4 Å². The number of benzene rings is 3. The Hall–Kier alpha value is -3.86. The quantitative estimate of drug-likeness (QED) is 0.327. The van der Waals surface area contributed by atoms with E-state index in [1.807, 2.05) is 71.0 Å². The molecule has 4 N–H and O–H groups in total. The van der Waals surface area contributed by atoms with Crippen molar-refractivity contribution < 1.29 is 9.53 Å². The van der Waals surface area contributed by atoms with Crippen molar-refractivity contribution in [3.05, 3.63) is 89.6 Å². The highest BCUT2D eigenvalue weighted by Gasteiger charge is 2.09. The SMILES string of the molecule is CC.CC.Cc1ccc(OCc2ccccc2-c2ccc3nc(C)cc(N)c3c2)cc1.NC=O. The first-order chi connectivity index (χ1) is 16.5. The summed E-state index contributed by atoms with van der Waals surface area (Å²) in [6.07, 6.45) is 0.250. The summed E-state index contributed by atoms with van der Waals surface area (Å²) in [7, 11) is 0. The van der Waals surface area contributed by atoms with Gasteiger partial charge in [-0.2, -0.15) is 0 Å². The zero-order valence-corrected chi connectivity index (χ0v) is 21.1. The number of carbonyl (C=O) groups is 1. The molecule has 180 valence electrons. The van der Waals surface area contributed by atoms with Gasteiger partial charge in [0.25, 0.3) is 0 Å². The smallest absolute Gasteiger partial charge is 0.204 e. The van der Waals surface area contributed by atoms with Crippen LogP contribution in [0.15, 0.2) is 72.8 Å². The highest BCUT2D eigenvalue weighted by molar-refractivity contribution is 5.93. The summed E-state index contributed by atoms with van der Waals surface area (Å²) in [5.74, 6) is 0.873. The Kier molecular flexibility index (Phi) is 12.5. The lowest BCUT2D eigenvalue weighted by Crippen LogP contribution is -1.98. The topological polar surface area (TPSA) is 91.2 Å². The molecule has 0 fully saturated rings. The van der Waals surface area contributed by atoms with Crippen molar-refractivity contribution in [1.82, 2.24) is 4.98 Å². The maximum atomic E-state index is 8.58. The van der Waals surface area contributed by atoms with Crippen LogP contribution in [-0.2, 0) is 11.4 Å². The summed E-state index contributed by atoms with van der Waals surface area (Å²) in [4.78, 5) is 13.2. The summed E-state index contributed by atoms with van der Waals surface area (Å²) in [6.45, 7) is 12.5. The number of anilines is 1. The molecule has 0 atom stereocenters. The molecular weight excluding hydrogens is 422 g/mol. The predicted octanol–water partition coefficient (Wildman–Crippen LogP) is 6.83. The fourth-order valence-corrected chi connectivity index (χ4v) is 3.28. The average molecular weight is 460 g/mol.